The van der Waals surface area contributed by atoms with Gasteiger partial charge in [0.05, 0.1) is 6.54 Å². The Morgan fingerprint density at radius 3 is 2.95 bits per heavy atom. The van der Waals surface area contributed by atoms with E-state index in [1.165, 1.54) is 25.0 Å². The van der Waals surface area contributed by atoms with E-state index in [9.17, 15) is 4.79 Å². The number of hydrogen-bond acceptors (Lipinski definition) is 3. The molecule has 4 heteroatoms. The van der Waals surface area contributed by atoms with Crippen molar-refractivity contribution in [2.75, 3.05) is 32.8 Å². The van der Waals surface area contributed by atoms with Crippen molar-refractivity contribution >= 4 is 5.91 Å². The van der Waals surface area contributed by atoms with E-state index in [-0.39, 0.29) is 12.5 Å². The summed E-state index contributed by atoms with van der Waals surface area (Å²) in [6, 6.07) is 0. The second kappa shape index (κ2) is 8.54. The Kier molecular flexibility index (Phi) is 6.71. The van der Waals surface area contributed by atoms with Gasteiger partial charge in [-0.2, -0.15) is 0 Å². The summed E-state index contributed by atoms with van der Waals surface area (Å²) in [6.45, 7) is 5.62. The van der Waals surface area contributed by atoms with Gasteiger partial charge in [0, 0.05) is 25.4 Å². The van der Waals surface area contributed by atoms with Crippen molar-refractivity contribution in [3.05, 3.63) is 11.8 Å². The van der Waals surface area contributed by atoms with Crippen LogP contribution in [0, 0.1) is 5.92 Å². The molecule has 0 aromatic carbocycles. The number of hydrogen-bond donors (Lipinski definition) is 1. The first-order valence-electron chi connectivity index (χ1n) is 8.57. The van der Waals surface area contributed by atoms with E-state index in [0.29, 0.717) is 12.5 Å². The lowest BCUT2D eigenvalue weighted by Crippen LogP contribution is -2.44. The molecule has 2 aliphatic rings. The van der Waals surface area contributed by atoms with Gasteiger partial charge in [-0.1, -0.05) is 6.08 Å². The highest BCUT2D eigenvalue weighted by atomic mass is 16.3. The van der Waals surface area contributed by atoms with Gasteiger partial charge in [-0.15, -0.1) is 0 Å². The van der Waals surface area contributed by atoms with Crippen LogP contribution in [0.5, 0.6) is 0 Å². The number of aliphatic hydroxyl groups excluding tert-OH is 1. The summed E-state index contributed by atoms with van der Waals surface area (Å²) in [6.07, 6.45) is 10.1. The van der Waals surface area contributed by atoms with Crippen molar-refractivity contribution in [2.24, 2.45) is 5.92 Å². The topological polar surface area (TPSA) is 43.8 Å². The van der Waals surface area contributed by atoms with E-state index in [1.807, 2.05) is 4.90 Å². The van der Waals surface area contributed by atoms with E-state index in [2.05, 4.69) is 17.9 Å². The number of amides is 1. The average Bonchev–Trinajstić information content (AvgIpc) is 2.50. The lowest BCUT2D eigenvalue weighted by atomic mass is 9.95. The minimum Gasteiger partial charge on any atom is -0.396 e. The Morgan fingerprint density at radius 2 is 2.29 bits per heavy atom. The maximum Gasteiger partial charge on any atom is 0.240 e. The highest BCUT2D eigenvalue weighted by molar-refractivity contribution is 5.80. The van der Waals surface area contributed by atoms with Gasteiger partial charge in [-0.3, -0.25) is 9.69 Å². The number of rotatable bonds is 6. The number of aliphatic hydroxyl groups is 1. The fourth-order valence-corrected chi connectivity index (χ4v) is 3.60. The molecule has 1 aliphatic heterocycles. The van der Waals surface area contributed by atoms with E-state index in [1.54, 1.807) is 0 Å². The molecule has 21 heavy (non-hydrogen) atoms. The molecule has 0 aromatic heterocycles. The summed E-state index contributed by atoms with van der Waals surface area (Å²) in [7, 11) is 0. The summed E-state index contributed by atoms with van der Waals surface area (Å²) < 4.78 is 0. The lowest BCUT2D eigenvalue weighted by Gasteiger charge is -2.34. The molecule has 1 atom stereocenters. The quantitative estimate of drug-likeness (QED) is 0.818. The molecule has 0 radical (unpaired) electrons. The number of likely N-dealkylation sites (tertiary alicyclic amines) is 1. The zero-order valence-electron chi connectivity index (χ0n) is 13.4. The standard InChI is InChI=1S/C17H30N2O2/c1-2-19(16-8-4-3-5-9-16)17(21)14-18-11-6-7-15(13-18)10-12-20/h8,15,20H,2-7,9-14H2,1H3. The van der Waals surface area contributed by atoms with E-state index in [0.717, 1.165) is 45.3 Å². The highest BCUT2D eigenvalue weighted by Crippen LogP contribution is 2.22. The molecule has 0 aromatic rings. The molecule has 1 fully saturated rings. The molecule has 1 heterocycles. The van der Waals surface area contributed by atoms with Crippen molar-refractivity contribution < 1.29 is 9.90 Å². The van der Waals surface area contributed by atoms with Gasteiger partial charge in [0.1, 0.15) is 0 Å². The van der Waals surface area contributed by atoms with Crippen LogP contribution in [0.2, 0.25) is 0 Å². The molecule has 0 spiro atoms. The van der Waals surface area contributed by atoms with Crippen LogP contribution in [-0.4, -0.2) is 53.6 Å². The van der Waals surface area contributed by atoms with Gasteiger partial charge in [-0.05, 0) is 64.3 Å². The number of carbonyl (C=O) groups excluding carboxylic acids is 1. The third kappa shape index (κ3) is 4.82. The van der Waals surface area contributed by atoms with Crippen LogP contribution in [-0.2, 0) is 4.79 Å². The Morgan fingerprint density at radius 1 is 1.43 bits per heavy atom. The fraction of sp³-hybridized carbons (Fsp3) is 0.824. The Labute approximate surface area is 128 Å². The highest BCUT2D eigenvalue weighted by Gasteiger charge is 2.24. The van der Waals surface area contributed by atoms with Crippen LogP contribution in [0.3, 0.4) is 0 Å². The van der Waals surface area contributed by atoms with Crippen molar-refractivity contribution in [3.8, 4) is 0 Å². The number of carbonyl (C=O) groups is 1. The van der Waals surface area contributed by atoms with Gasteiger partial charge >= 0.3 is 0 Å². The van der Waals surface area contributed by atoms with Gasteiger partial charge in [0.25, 0.3) is 0 Å². The van der Waals surface area contributed by atoms with E-state index >= 15 is 0 Å². The molecule has 2 rings (SSSR count). The molecule has 1 aliphatic carbocycles. The van der Waals surface area contributed by atoms with Crippen molar-refractivity contribution in [3.63, 3.8) is 0 Å². The average molecular weight is 294 g/mol. The first kappa shape index (κ1) is 16.5. The molecule has 1 amide bonds. The Balaban J connectivity index is 1.88. The molecular weight excluding hydrogens is 264 g/mol. The van der Waals surface area contributed by atoms with Crippen LogP contribution in [0.1, 0.15) is 51.9 Å². The SMILES string of the molecule is CCN(C(=O)CN1CCCC(CCO)C1)C1=CCCCC1. The third-order valence-corrected chi connectivity index (χ3v) is 4.73. The fourth-order valence-electron chi connectivity index (χ4n) is 3.60. The van der Waals surface area contributed by atoms with Crippen molar-refractivity contribution in [1.82, 2.24) is 9.80 Å². The second-order valence-electron chi connectivity index (χ2n) is 6.33. The third-order valence-electron chi connectivity index (χ3n) is 4.73. The minimum absolute atomic E-state index is 0.246. The Bertz CT molecular complexity index is 366. The summed E-state index contributed by atoms with van der Waals surface area (Å²) in [5.41, 5.74) is 1.23. The summed E-state index contributed by atoms with van der Waals surface area (Å²) in [4.78, 5) is 16.9. The first-order valence-corrected chi connectivity index (χ1v) is 8.57. The number of nitrogens with zero attached hydrogens (tertiary/aromatic N) is 2. The van der Waals surface area contributed by atoms with Gasteiger partial charge in [-0.25, -0.2) is 0 Å². The molecule has 0 saturated carbocycles. The minimum atomic E-state index is 0.246. The summed E-state index contributed by atoms with van der Waals surface area (Å²) in [5, 5.41) is 9.08. The molecule has 1 N–H and O–H groups in total. The van der Waals surface area contributed by atoms with Gasteiger partial charge < -0.3 is 10.0 Å². The molecule has 4 nitrogen and oxygen atoms in total. The first-order chi connectivity index (χ1) is 10.2. The normalized spacial score (nSPS) is 23.7. The van der Waals surface area contributed by atoms with Crippen molar-refractivity contribution in [2.45, 2.75) is 51.9 Å². The predicted octanol–water partition coefficient (Wildman–Crippen LogP) is 2.39. The van der Waals surface area contributed by atoms with Crippen molar-refractivity contribution in [1.29, 1.82) is 0 Å². The van der Waals surface area contributed by atoms with E-state index < -0.39 is 0 Å². The van der Waals surface area contributed by atoms with Crippen LogP contribution in [0.25, 0.3) is 0 Å². The zero-order valence-corrected chi connectivity index (χ0v) is 13.4. The summed E-state index contributed by atoms with van der Waals surface area (Å²) >= 11 is 0. The van der Waals surface area contributed by atoms with Crippen LogP contribution < -0.4 is 0 Å². The predicted molar refractivity (Wildman–Crippen MR) is 84.8 cm³/mol. The largest absolute Gasteiger partial charge is 0.396 e. The molecular formula is C17H30N2O2. The van der Waals surface area contributed by atoms with Crippen LogP contribution in [0.15, 0.2) is 11.8 Å². The number of likely N-dealkylation sites (N-methyl/N-ethyl adjacent to an activating group) is 1. The molecule has 1 saturated heterocycles. The maximum absolute atomic E-state index is 12.6. The van der Waals surface area contributed by atoms with E-state index in [4.69, 9.17) is 5.11 Å². The second-order valence-corrected chi connectivity index (χ2v) is 6.33. The zero-order chi connectivity index (χ0) is 15.1. The monoisotopic (exact) mass is 294 g/mol. The maximum atomic E-state index is 12.6. The molecule has 1 unspecified atom stereocenters. The molecule has 0 bridgehead atoms. The molecule has 120 valence electrons. The summed E-state index contributed by atoms with van der Waals surface area (Å²) in [5.74, 6) is 0.802. The van der Waals surface area contributed by atoms with Gasteiger partial charge in [0.15, 0.2) is 0 Å². The van der Waals surface area contributed by atoms with Crippen LogP contribution in [0.4, 0.5) is 0 Å². The number of allylic oxidation sites excluding steroid dienone is 2. The van der Waals surface area contributed by atoms with Gasteiger partial charge in [0.2, 0.25) is 5.91 Å². The van der Waals surface area contributed by atoms with Crippen LogP contribution >= 0.6 is 0 Å². The Hall–Kier alpha value is -0.870. The smallest absolute Gasteiger partial charge is 0.240 e. The lowest BCUT2D eigenvalue weighted by molar-refractivity contribution is -0.131. The number of piperidine rings is 1.